The lowest BCUT2D eigenvalue weighted by atomic mass is 9.77. The summed E-state index contributed by atoms with van der Waals surface area (Å²) < 4.78 is 0. The molecule has 5 nitrogen and oxygen atoms in total. The van der Waals surface area contributed by atoms with Crippen LogP contribution in [-0.4, -0.2) is 47.1 Å². The second-order valence-electron chi connectivity index (χ2n) is 5.68. The molecule has 1 aliphatic rings. The molecule has 0 aromatic heterocycles. The quantitative estimate of drug-likeness (QED) is 0.644. The average molecular weight is 284 g/mol. The van der Waals surface area contributed by atoms with Crippen molar-refractivity contribution < 1.29 is 14.7 Å². The van der Waals surface area contributed by atoms with Gasteiger partial charge in [0.05, 0.1) is 6.54 Å². The Balaban J connectivity index is 2.45. The Bertz CT molecular complexity index is 319. The van der Waals surface area contributed by atoms with Crippen LogP contribution in [0.1, 0.15) is 58.8 Å². The summed E-state index contributed by atoms with van der Waals surface area (Å²) in [5.74, 6) is -0.801. The van der Waals surface area contributed by atoms with Gasteiger partial charge in [0.15, 0.2) is 0 Å². The zero-order valence-electron chi connectivity index (χ0n) is 12.8. The zero-order valence-corrected chi connectivity index (χ0v) is 12.8. The zero-order chi connectivity index (χ0) is 15.0. The first-order valence-corrected chi connectivity index (χ1v) is 7.82. The van der Waals surface area contributed by atoms with E-state index < -0.39 is 11.5 Å². The molecule has 1 fully saturated rings. The molecule has 0 atom stereocenters. The van der Waals surface area contributed by atoms with Crippen LogP contribution >= 0.6 is 0 Å². The van der Waals surface area contributed by atoms with Gasteiger partial charge in [0.2, 0.25) is 5.91 Å². The minimum atomic E-state index is -0.850. The maximum Gasteiger partial charge on any atom is 0.323 e. The summed E-state index contributed by atoms with van der Waals surface area (Å²) >= 11 is 0. The summed E-state index contributed by atoms with van der Waals surface area (Å²) in [4.78, 5) is 25.3. The molecule has 0 radical (unpaired) electrons. The minimum Gasteiger partial charge on any atom is -0.480 e. The molecule has 0 aromatic carbocycles. The molecule has 0 heterocycles. The first kappa shape index (κ1) is 17.0. The molecule has 5 heteroatoms. The molecule has 2 N–H and O–H groups in total. The molecule has 0 spiro atoms. The number of unbranched alkanes of at least 4 members (excludes halogenated alkanes) is 2. The van der Waals surface area contributed by atoms with Gasteiger partial charge in [-0.25, -0.2) is 0 Å². The SMILES string of the molecule is CCCCN(CCCC)C(=O)CNC1(C(=O)O)CCC1. The number of aliphatic carboxylic acids is 1. The Labute approximate surface area is 121 Å². The van der Waals surface area contributed by atoms with Crippen molar-refractivity contribution in [1.29, 1.82) is 0 Å². The number of rotatable bonds is 10. The molecule has 20 heavy (non-hydrogen) atoms. The summed E-state index contributed by atoms with van der Waals surface area (Å²) in [5.41, 5.74) is -0.850. The van der Waals surface area contributed by atoms with Crippen LogP contribution in [-0.2, 0) is 9.59 Å². The van der Waals surface area contributed by atoms with Crippen LogP contribution in [0.2, 0.25) is 0 Å². The minimum absolute atomic E-state index is 0.0272. The van der Waals surface area contributed by atoms with Gasteiger partial charge in [0.25, 0.3) is 0 Å². The van der Waals surface area contributed by atoms with E-state index in [2.05, 4.69) is 19.2 Å². The van der Waals surface area contributed by atoms with E-state index in [4.69, 9.17) is 0 Å². The largest absolute Gasteiger partial charge is 0.480 e. The second kappa shape index (κ2) is 8.25. The highest BCUT2D eigenvalue weighted by Gasteiger charge is 2.44. The lowest BCUT2D eigenvalue weighted by molar-refractivity contribution is -0.149. The third-order valence-electron chi connectivity index (χ3n) is 4.11. The molecule has 1 aliphatic carbocycles. The lowest BCUT2D eigenvalue weighted by Crippen LogP contribution is -2.59. The van der Waals surface area contributed by atoms with Gasteiger partial charge in [0.1, 0.15) is 5.54 Å². The molecule has 0 bridgehead atoms. The van der Waals surface area contributed by atoms with Crippen molar-refractivity contribution in [2.24, 2.45) is 0 Å². The van der Waals surface area contributed by atoms with Crippen molar-refractivity contribution in [3.63, 3.8) is 0 Å². The lowest BCUT2D eigenvalue weighted by Gasteiger charge is -2.38. The molecular weight excluding hydrogens is 256 g/mol. The van der Waals surface area contributed by atoms with Crippen LogP contribution < -0.4 is 5.32 Å². The Hall–Kier alpha value is -1.10. The summed E-state index contributed by atoms with van der Waals surface area (Å²) in [6.45, 7) is 5.90. The molecule has 1 rings (SSSR count). The highest BCUT2D eigenvalue weighted by atomic mass is 16.4. The van der Waals surface area contributed by atoms with E-state index in [0.29, 0.717) is 12.8 Å². The number of carboxylic acids is 1. The number of carboxylic acid groups (broad SMARTS) is 1. The molecule has 0 aliphatic heterocycles. The highest BCUT2D eigenvalue weighted by Crippen LogP contribution is 2.31. The van der Waals surface area contributed by atoms with Gasteiger partial charge < -0.3 is 10.0 Å². The van der Waals surface area contributed by atoms with Crippen molar-refractivity contribution in [1.82, 2.24) is 10.2 Å². The third kappa shape index (κ3) is 4.47. The van der Waals surface area contributed by atoms with E-state index in [1.807, 2.05) is 4.90 Å². The number of nitrogens with one attached hydrogen (secondary N) is 1. The monoisotopic (exact) mass is 284 g/mol. The van der Waals surface area contributed by atoms with Crippen LogP contribution in [0.15, 0.2) is 0 Å². The predicted molar refractivity (Wildman–Crippen MR) is 78.6 cm³/mol. The van der Waals surface area contributed by atoms with Crippen LogP contribution in [0.4, 0.5) is 0 Å². The Morgan fingerprint density at radius 1 is 1.15 bits per heavy atom. The van der Waals surface area contributed by atoms with Crippen LogP contribution in [0.3, 0.4) is 0 Å². The Kier molecular flexibility index (Phi) is 6.99. The number of nitrogens with zero attached hydrogens (tertiary/aromatic N) is 1. The maximum absolute atomic E-state index is 12.2. The van der Waals surface area contributed by atoms with Gasteiger partial charge in [-0.3, -0.25) is 14.9 Å². The second-order valence-corrected chi connectivity index (χ2v) is 5.68. The van der Waals surface area contributed by atoms with Crippen molar-refractivity contribution in [3.05, 3.63) is 0 Å². The smallest absolute Gasteiger partial charge is 0.323 e. The normalized spacial score (nSPS) is 16.5. The summed E-state index contributed by atoms with van der Waals surface area (Å²) in [6, 6.07) is 0. The molecule has 116 valence electrons. The predicted octanol–water partition coefficient (Wildman–Crippen LogP) is 2.01. The molecular formula is C15H28N2O3. The van der Waals surface area contributed by atoms with Crippen molar-refractivity contribution >= 4 is 11.9 Å². The summed E-state index contributed by atoms with van der Waals surface area (Å²) in [7, 11) is 0. The van der Waals surface area contributed by atoms with Gasteiger partial charge >= 0.3 is 5.97 Å². The molecule has 0 saturated heterocycles. The van der Waals surface area contributed by atoms with Gasteiger partial charge in [-0.1, -0.05) is 26.7 Å². The Morgan fingerprint density at radius 2 is 1.70 bits per heavy atom. The topological polar surface area (TPSA) is 69.6 Å². The van der Waals surface area contributed by atoms with Crippen LogP contribution in [0, 0.1) is 0 Å². The van der Waals surface area contributed by atoms with Gasteiger partial charge in [-0.15, -0.1) is 0 Å². The van der Waals surface area contributed by atoms with E-state index in [0.717, 1.165) is 45.2 Å². The van der Waals surface area contributed by atoms with Crippen LogP contribution in [0.25, 0.3) is 0 Å². The third-order valence-corrected chi connectivity index (χ3v) is 4.11. The van der Waals surface area contributed by atoms with E-state index in [1.54, 1.807) is 0 Å². The number of carbonyl (C=O) groups excluding carboxylic acids is 1. The number of amides is 1. The van der Waals surface area contributed by atoms with Crippen LogP contribution in [0.5, 0.6) is 0 Å². The maximum atomic E-state index is 12.2. The van der Waals surface area contributed by atoms with Gasteiger partial charge in [-0.2, -0.15) is 0 Å². The van der Waals surface area contributed by atoms with E-state index in [1.165, 1.54) is 0 Å². The number of carbonyl (C=O) groups is 2. The van der Waals surface area contributed by atoms with E-state index in [-0.39, 0.29) is 12.5 Å². The average Bonchev–Trinajstić information content (AvgIpc) is 2.37. The Morgan fingerprint density at radius 3 is 2.05 bits per heavy atom. The fourth-order valence-electron chi connectivity index (χ4n) is 2.41. The number of hydrogen-bond acceptors (Lipinski definition) is 3. The summed E-state index contributed by atoms with van der Waals surface area (Å²) in [5, 5.41) is 12.2. The van der Waals surface area contributed by atoms with E-state index >= 15 is 0 Å². The molecule has 0 aromatic rings. The van der Waals surface area contributed by atoms with Crippen molar-refractivity contribution in [2.75, 3.05) is 19.6 Å². The van der Waals surface area contributed by atoms with Crippen molar-refractivity contribution in [2.45, 2.75) is 64.3 Å². The molecule has 1 amide bonds. The highest BCUT2D eigenvalue weighted by molar-refractivity contribution is 5.83. The van der Waals surface area contributed by atoms with E-state index in [9.17, 15) is 14.7 Å². The molecule has 0 unspecified atom stereocenters. The fourth-order valence-corrected chi connectivity index (χ4v) is 2.41. The molecule has 1 saturated carbocycles. The number of hydrogen-bond donors (Lipinski definition) is 2. The van der Waals surface area contributed by atoms with Gasteiger partial charge in [0, 0.05) is 13.1 Å². The van der Waals surface area contributed by atoms with Crippen molar-refractivity contribution in [3.8, 4) is 0 Å². The first-order valence-electron chi connectivity index (χ1n) is 7.82. The standard InChI is InChI=1S/C15H28N2O3/c1-3-5-10-17(11-6-4-2)13(18)12-16-15(14(19)20)8-7-9-15/h16H,3-12H2,1-2H3,(H,19,20). The first-order chi connectivity index (χ1) is 9.55. The summed E-state index contributed by atoms with van der Waals surface area (Å²) in [6.07, 6.45) is 6.28. The van der Waals surface area contributed by atoms with Gasteiger partial charge in [-0.05, 0) is 32.1 Å². The fraction of sp³-hybridized carbons (Fsp3) is 0.867.